The largest absolute Gasteiger partial charge is 0.394 e. The molecule has 26 N–H and O–H groups in total. The van der Waals surface area contributed by atoms with Crippen molar-refractivity contribution in [2.24, 2.45) is 0 Å². The molecule has 0 radical (unpaired) electrons. The Bertz CT molecular complexity index is 2920. The Morgan fingerprint density at radius 2 is 0.587 bits per heavy atom. The second-order valence-electron chi connectivity index (χ2n) is 28.1. The summed E-state index contributed by atoms with van der Waals surface area (Å²) in [6.45, 7) is 1.18. The van der Waals surface area contributed by atoms with Crippen LogP contribution in [0, 0.1) is 0 Å². The summed E-state index contributed by atoms with van der Waals surface area (Å²) >= 11 is 0. The summed E-state index contributed by atoms with van der Waals surface area (Å²) < 4.78 is 103. The Labute approximate surface area is 619 Å². The van der Waals surface area contributed by atoms with Crippen LogP contribution in [-0.2, 0) is 99.7 Å². The van der Waals surface area contributed by atoms with Crippen LogP contribution in [-0.4, -0.2) is 452 Å². The molecule has 109 heavy (non-hydrogen) atoms. The molecule has 0 bridgehead atoms. The van der Waals surface area contributed by atoms with Crippen molar-refractivity contribution < 1.29 is 212 Å². The number of aliphatic hydroxyl groups excluding tert-OH is 22. The van der Waals surface area contributed by atoms with E-state index in [0.717, 1.165) is 27.7 Å². The van der Waals surface area contributed by atoms with Crippen LogP contribution in [0.5, 0.6) is 0 Å². The fourth-order valence-electron chi connectivity index (χ4n) is 14.3. The molecule has 45 atom stereocenters. The van der Waals surface area contributed by atoms with Crippen molar-refractivity contribution in [2.75, 3.05) is 39.6 Å². The van der Waals surface area contributed by atoms with Crippen molar-refractivity contribution in [3.05, 3.63) is 0 Å². The van der Waals surface area contributed by atoms with Gasteiger partial charge in [0.25, 0.3) is 0 Å². The molecule has 0 aromatic rings. The summed E-state index contributed by atoms with van der Waals surface area (Å²) in [4.78, 5) is 51.6. The molecule has 47 nitrogen and oxygen atoms in total. The maximum absolute atomic E-state index is 13.7. The molecule has 0 aromatic heterocycles. The highest BCUT2D eigenvalue weighted by molar-refractivity contribution is 5.74. The van der Waals surface area contributed by atoms with Crippen LogP contribution in [0.15, 0.2) is 0 Å². The van der Waals surface area contributed by atoms with E-state index in [-0.39, 0.29) is 0 Å². The normalized spacial score (nSPS) is 49.9. The maximum atomic E-state index is 13.7. The highest BCUT2D eigenvalue weighted by Gasteiger charge is 2.62. The SMILES string of the molecule is CC(=O)N[C@@H]1[C@@H](O[C@@H]2O[C@H](CO)[C@@H](O)[C@H](O)[C@H]2NC(C)=O)[C@@H](O)[C@@H](CO[C@@H]2O[C@H](CO)[C@@H](O[C@@H]3O[C@H](CO)[C@H](O)[C@H](O[C@@H]4O[C@H](CO)[C@@H](O[C@@H]5O[C@H](CO)[C@H](O)[C@H](O)[C@H]5O[C@@H]5O[C@@H](C)[C@@H](O)[C@@H](O)[C@@H]5O)[C@H](O[C@@H]5O[C@@H](C)[C@@H](O)[C@@H](O)[C@@H]5O)[C@H]4NC(C)=O)[C@H]3O[C@@H]3O[C@@H](C)[C@@H](O)[C@@H](O)[C@@H]3O)[C@H](O)[C@H]2NC(C)=O)O[C@@H]1O. The fourth-order valence-corrected chi connectivity index (χ4v) is 14.3. The molecule has 9 fully saturated rings. The lowest BCUT2D eigenvalue weighted by Gasteiger charge is -2.53. The minimum Gasteiger partial charge on any atom is -0.394 e. The van der Waals surface area contributed by atoms with Gasteiger partial charge in [-0.05, 0) is 20.8 Å². The molecule has 0 aromatic carbocycles. The Hall–Kier alpha value is -3.68. The van der Waals surface area contributed by atoms with Gasteiger partial charge in [0.15, 0.2) is 56.6 Å². The first kappa shape index (κ1) is 89.3. The molecule has 4 amide bonds. The van der Waals surface area contributed by atoms with E-state index in [2.05, 4.69) is 21.3 Å². The summed E-state index contributed by atoms with van der Waals surface area (Å²) in [6.07, 6.45) is -81.3. The Kier molecular flexibility index (Phi) is 31.4. The third-order valence-electron chi connectivity index (χ3n) is 20.2. The van der Waals surface area contributed by atoms with Crippen molar-refractivity contribution in [1.29, 1.82) is 0 Å². The first-order chi connectivity index (χ1) is 51.4. The summed E-state index contributed by atoms with van der Waals surface area (Å²) in [5.41, 5.74) is 0. The zero-order valence-electron chi connectivity index (χ0n) is 59.6. The van der Waals surface area contributed by atoms with E-state index in [1.54, 1.807) is 0 Å². The third-order valence-corrected chi connectivity index (χ3v) is 20.2. The highest BCUT2D eigenvalue weighted by atomic mass is 16.8. The van der Waals surface area contributed by atoms with Gasteiger partial charge in [0.1, 0.15) is 201 Å². The molecule has 0 spiro atoms. The Balaban J connectivity index is 1.05. The van der Waals surface area contributed by atoms with Gasteiger partial charge in [0, 0.05) is 27.7 Å². The van der Waals surface area contributed by atoms with Crippen LogP contribution in [0.1, 0.15) is 48.5 Å². The third kappa shape index (κ3) is 19.7. The lowest BCUT2D eigenvalue weighted by atomic mass is 9.93. The number of ether oxygens (including phenoxy) is 17. The van der Waals surface area contributed by atoms with Crippen molar-refractivity contribution in [1.82, 2.24) is 21.3 Å². The van der Waals surface area contributed by atoms with Gasteiger partial charge in [0.05, 0.1) is 58.0 Å². The molecule has 9 saturated heterocycles. The van der Waals surface area contributed by atoms with E-state index < -0.39 is 339 Å². The molecule has 630 valence electrons. The van der Waals surface area contributed by atoms with E-state index >= 15 is 0 Å². The highest BCUT2D eigenvalue weighted by Crippen LogP contribution is 2.41. The zero-order chi connectivity index (χ0) is 80.4. The van der Waals surface area contributed by atoms with Crippen molar-refractivity contribution in [2.45, 2.75) is 325 Å². The smallest absolute Gasteiger partial charge is 0.217 e. The Morgan fingerprint density at radius 3 is 1.06 bits per heavy atom. The summed E-state index contributed by atoms with van der Waals surface area (Å²) in [5.74, 6) is -3.52. The number of hydrogen-bond donors (Lipinski definition) is 26. The molecular formula is C62H104N4O43. The molecule has 0 aliphatic carbocycles. The molecule has 0 unspecified atom stereocenters. The monoisotopic (exact) mass is 1590 g/mol. The van der Waals surface area contributed by atoms with Crippen LogP contribution >= 0.6 is 0 Å². The standard InChI is InChI=1S/C62H104N4O43/c1-14-31(76)40(85)44(89)58(94-14)106-50-30(66-20(7)75)57(102-25(12-71)48(50)104-61-52(43(88)35(80)22(9-68)99-61)108-59-45(90)41(86)32(77)15(2)95-59)107-51-36(81)23(10-69)100-62(53(51)109-60-46(91)42(87)33(78)16(3)96-60)103-47-24(11-70)101-55(28(39(47)84)64-18(5)73)93-13-26-37(82)49(29(54(92)97-26)65-19(6)74)105-56-27(63-17(4)72)38(83)34(79)21(8-67)98-56/h14-16,21-62,67-71,76-92H,8-13H2,1-7H3,(H,63,72)(H,64,73)(H,65,74)(H,66,75)/t14-,15-,16-,21+,22+,23+,24+,25+,26+,27+,28+,29+,30+,31+,32+,33+,34+,35-,36-,37-,38+,39+,40+,41+,42+,43-,44-,45-,46-,47+,48+,49+,50+,51-,52+,53+,54-,55+,56-,57-,58-,59-,60-,61-,62-/m0/s1. The van der Waals surface area contributed by atoms with Gasteiger partial charge < -0.3 is 214 Å². The maximum Gasteiger partial charge on any atom is 0.217 e. The number of carbonyl (C=O) groups excluding carboxylic acids is 4. The number of carbonyl (C=O) groups is 4. The lowest BCUT2D eigenvalue weighted by Crippen LogP contribution is -2.72. The molecule has 9 aliphatic rings. The van der Waals surface area contributed by atoms with Gasteiger partial charge in [0.2, 0.25) is 23.6 Å². The summed E-state index contributed by atoms with van der Waals surface area (Å²) in [5, 5.41) is 255. The summed E-state index contributed by atoms with van der Waals surface area (Å²) in [6, 6.07) is -7.26. The van der Waals surface area contributed by atoms with E-state index in [1.165, 1.54) is 20.8 Å². The molecule has 9 heterocycles. The van der Waals surface area contributed by atoms with E-state index in [0.29, 0.717) is 0 Å². The molecule has 47 heteroatoms. The first-order valence-electron chi connectivity index (χ1n) is 35.2. The van der Waals surface area contributed by atoms with E-state index in [4.69, 9.17) is 80.5 Å². The number of aliphatic hydroxyl groups is 22. The van der Waals surface area contributed by atoms with Gasteiger partial charge in [-0.1, -0.05) is 0 Å². The lowest BCUT2D eigenvalue weighted by molar-refractivity contribution is -0.410. The predicted octanol–water partition coefficient (Wildman–Crippen LogP) is -17.0. The minimum absolute atomic E-state index is 0.778. The van der Waals surface area contributed by atoms with Crippen LogP contribution < -0.4 is 21.3 Å². The number of hydrogen-bond acceptors (Lipinski definition) is 43. The Morgan fingerprint density at radius 1 is 0.257 bits per heavy atom. The van der Waals surface area contributed by atoms with Crippen LogP contribution in [0.2, 0.25) is 0 Å². The first-order valence-corrected chi connectivity index (χ1v) is 35.2. The number of rotatable bonds is 26. The molecular weight excluding hydrogens is 1490 g/mol. The average molecular weight is 1590 g/mol. The fraction of sp³-hybridized carbons (Fsp3) is 0.935. The predicted molar refractivity (Wildman–Crippen MR) is 339 cm³/mol. The number of amides is 4. The van der Waals surface area contributed by atoms with Gasteiger partial charge >= 0.3 is 0 Å². The van der Waals surface area contributed by atoms with E-state index in [1.807, 2.05) is 0 Å². The molecule has 9 aliphatic heterocycles. The van der Waals surface area contributed by atoms with Gasteiger partial charge in [-0.2, -0.15) is 0 Å². The average Bonchev–Trinajstić information content (AvgIpc) is 0.754. The second kappa shape index (κ2) is 38.4. The van der Waals surface area contributed by atoms with Crippen LogP contribution in [0.25, 0.3) is 0 Å². The zero-order valence-corrected chi connectivity index (χ0v) is 59.6. The quantitative estimate of drug-likeness (QED) is 0.0382. The minimum atomic E-state index is -2.33. The number of nitrogens with one attached hydrogen (secondary N) is 4. The van der Waals surface area contributed by atoms with Crippen LogP contribution in [0.3, 0.4) is 0 Å². The van der Waals surface area contributed by atoms with Crippen molar-refractivity contribution >= 4 is 23.6 Å². The summed E-state index contributed by atoms with van der Waals surface area (Å²) in [7, 11) is 0. The van der Waals surface area contributed by atoms with Gasteiger partial charge in [-0.25, -0.2) is 0 Å². The van der Waals surface area contributed by atoms with Crippen LogP contribution in [0.4, 0.5) is 0 Å². The van der Waals surface area contributed by atoms with Gasteiger partial charge in [-0.3, -0.25) is 19.2 Å². The molecule has 9 rings (SSSR count). The van der Waals surface area contributed by atoms with Gasteiger partial charge in [-0.15, -0.1) is 0 Å². The van der Waals surface area contributed by atoms with Crippen molar-refractivity contribution in [3.8, 4) is 0 Å². The van der Waals surface area contributed by atoms with E-state index in [9.17, 15) is 132 Å². The second-order valence-corrected chi connectivity index (χ2v) is 28.1. The molecule has 0 saturated carbocycles. The van der Waals surface area contributed by atoms with Crippen molar-refractivity contribution in [3.63, 3.8) is 0 Å². The topological polar surface area (TPSA) is 718 Å².